The Kier molecular flexibility index (Phi) is 9.46. The number of amides is 2. The number of hydrogen-bond donors (Lipinski definition) is 1. The smallest absolute Gasteiger partial charge is 0.311 e. The molecule has 0 aliphatic rings. The lowest BCUT2D eigenvalue weighted by molar-refractivity contribution is -0.385. The zero-order valence-corrected chi connectivity index (χ0v) is 19.2. The fourth-order valence-electron chi connectivity index (χ4n) is 3.03. The van der Waals surface area contributed by atoms with Crippen molar-refractivity contribution in [2.75, 3.05) is 27.4 Å². The molecule has 33 heavy (non-hydrogen) atoms. The van der Waals surface area contributed by atoms with Crippen molar-refractivity contribution in [1.29, 1.82) is 0 Å². The van der Waals surface area contributed by atoms with Crippen LogP contribution in [0.5, 0.6) is 17.2 Å². The van der Waals surface area contributed by atoms with Gasteiger partial charge in [-0.05, 0) is 37.1 Å². The van der Waals surface area contributed by atoms with Crippen molar-refractivity contribution < 1.29 is 28.7 Å². The number of nitro benzene ring substituents is 1. The van der Waals surface area contributed by atoms with Gasteiger partial charge in [0.1, 0.15) is 17.5 Å². The van der Waals surface area contributed by atoms with Gasteiger partial charge in [0, 0.05) is 25.2 Å². The lowest BCUT2D eigenvalue weighted by atomic mass is 10.1. The monoisotopic (exact) mass is 459 g/mol. The summed E-state index contributed by atoms with van der Waals surface area (Å²) >= 11 is 0. The molecule has 2 amide bonds. The molecular formula is C23H29N3O7. The Bertz CT molecular complexity index is 963. The van der Waals surface area contributed by atoms with Crippen LogP contribution in [-0.4, -0.2) is 55.1 Å². The van der Waals surface area contributed by atoms with Gasteiger partial charge in [0.25, 0.3) is 5.91 Å². The van der Waals surface area contributed by atoms with Crippen LogP contribution in [0.15, 0.2) is 42.5 Å². The molecule has 0 aromatic heterocycles. The Morgan fingerprint density at radius 2 is 1.76 bits per heavy atom. The van der Waals surface area contributed by atoms with Crippen molar-refractivity contribution >= 4 is 17.5 Å². The normalized spacial score (nSPS) is 11.3. The van der Waals surface area contributed by atoms with Gasteiger partial charge in [0.15, 0.2) is 6.61 Å². The van der Waals surface area contributed by atoms with Crippen molar-refractivity contribution in [3.63, 3.8) is 0 Å². The summed E-state index contributed by atoms with van der Waals surface area (Å²) in [5, 5.41) is 13.9. The highest BCUT2D eigenvalue weighted by Crippen LogP contribution is 2.30. The van der Waals surface area contributed by atoms with Gasteiger partial charge >= 0.3 is 5.69 Å². The van der Waals surface area contributed by atoms with Gasteiger partial charge in [0.05, 0.1) is 19.1 Å². The number of methoxy groups -OCH3 is 2. The van der Waals surface area contributed by atoms with E-state index in [1.165, 1.54) is 30.2 Å². The topological polar surface area (TPSA) is 120 Å². The van der Waals surface area contributed by atoms with E-state index in [2.05, 4.69) is 5.32 Å². The van der Waals surface area contributed by atoms with Crippen molar-refractivity contribution in [1.82, 2.24) is 10.2 Å². The number of ether oxygens (including phenoxy) is 3. The Balaban J connectivity index is 2.17. The number of nitro groups is 1. The molecule has 0 spiro atoms. The molecule has 0 unspecified atom stereocenters. The van der Waals surface area contributed by atoms with Crippen LogP contribution in [0.2, 0.25) is 0 Å². The van der Waals surface area contributed by atoms with Crippen molar-refractivity contribution in [3.05, 3.63) is 58.1 Å². The third kappa shape index (κ3) is 7.09. The molecule has 2 rings (SSSR count). The predicted octanol–water partition coefficient (Wildman–Crippen LogP) is 2.93. The second kappa shape index (κ2) is 12.3. The highest BCUT2D eigenvalue weighted by Gasteiger charge is 2.26. The van der Waals surface area contributed by atoms with E-state index < -0.39 is 16.9 Å². The Labute approximate surface area is 192 Å². The van der Waals surface area contributed by atoms with Gasteiger partial charge in [-0.15, -0.1) is 0 Å². The van der Waals surface area contributed by atoms with Crippen LogP contribution in [0.3, 0.4) is 0 Å². The van der Waals surface area contributed by atoms with E-state index in [1.54, 1.807) is 26.2 Å². The number of carbonyl (C=O) groups is 2. The zero-order chi connectivity index (χ0) is 24.4. The van der Waals surface area contributed by atoms with E-state index >= 15 is 0 Å². The summed E-state index contributed by atoms with van der Waals surface area (Å²) < 4.78 is 15.8. The van der Waals surface area contributed by atoms with Crippen LogP contribution in [0.25, 0.3) is 0 Å². The molecule has 0 fully saturated rings. The van der Waals surface area contributed by atoms with Crippen molar-refractivity contribution in [3.8, 4) is 17.2 Å². The van der Waals surface area contributed by atoms with E-state index in [0.717, 1.165) is 12.0 Å². The number of carbonyl (C=O) groups excluding carboxylic acids is 2. The van der Waals surface area contributed by atoms with Gasteiger partial charge in [0.2, 0.25) is 11.7 Å². The van der Waals surface area contributed by atoms with Crippen LogP contribution < -0.4 is 19.5 Å². The number of hydrogen-bond acceptors (Lipinski definition) is 7. The van der Waals surface area contributed by atoms with E-state index in [9.17, 15) is 19.7 Å². The Hall–Kier alpha value is -3.82. The average molecular weight is 459 g/mol. The minimum atomic E-state index is -0.735. The third-order valence-electron chi connectivity index (χ3n) is 4.94. The molecule has 0 aliphatic carbocycles. The SMILES string of the molecule is CCCNC(=O)[C@H](C)N(Cc1ccc(OC)cc1)C(=O)COc1ccc([N+](=O)[O-])c(OC)c1. The standard InChI is InChI=1S/C23H29N3O7/c1-5-12-24-23(28)16(2)25(14-17-6-8-18(31-3)9-7-17)22(27)15-33-19-10-11-20(26(29)30)21(13-19)32-4/h6-11,13,16H,5,12,14-15H2,1-4H3,(H,24,28)/t16-/m0/s1. The Morgan fingerprint density at radius 1 is 1.09 bits per heavy atom. The molecule has 0 heterocycles. The molecule has 2 aromatic rings. The van der Waals surface area contributed by atoms with Gasteiger partial charge in [-0.1, -0.05) is 19.1 Å². The van der Waals surface area contributed by atoms with E-state index in [-0.39, 0.29) is 36.2 Å². The number of benzene rings is 2. The molecular weight excluding hydrogens is 430 g/mol. The third-order valence-corrected chi connectivity index (χ3v) is 4.94. The number of rotatable bonds is 12. The first-order valence-corrected chi connectivity index (χ1v) is 10.5. The average Bonchev–Trinajstić information content (AvgIpc) is 2.83. The van der Waals surface area contributed by atoms with Crippen molar-refractivity contribution in [2.24, 2.45) is 0 Å². The van der Waals surface area contributed by atoms with Crippen LogP contribution in [-0.2, 0) is 16.1 Å². The maximum atomic E-state index is 13.1. The Morgan fingerprint density at radius 3 is 2.33 bits per heavy atom. The second-order valence-corrected chi connectivity index (χ2v) is 7.22. The molecule has 10 heteroatoms. The molecule has 0 radical (unpaired) electrons. The van der Waals surface area contributed by atoms with Crippen LogP contribution in [0.1, 0.15) is 25.8 Å². The number of nitrogens with zero attached hydrogens (tertiary/aromatic N) is 2. The summed E-state index contributed by atoms with van der Waals surface area (Å²) in [7, 11) is 2.87. The molecule has 0 saturated carbocycles. The van der Waals surface area contributed by atoms with Gasteiger partial charge in [-0.25, -0.2) is 0 Å². The lowest BCUT2D eigenvalue weighted by Gasteiger charge is -2.28. The van der Waals surface area contributed by atoms with Gasteiger partial charge in [-0.2, -0.15) is 0 Å². The first-order chi connectivity index (χ1) is 15.8. The van der Waals surface area contributed by atoms with Gasteiger partial charge in [-0.3, -0.25) is 19.7 Å². The van der Waals surface area contributed by atoms with E-state index in [1.807, 2.05) is 19.1 Å². The first kappa shape index (κ1) is 25.4. The molecule has 1 N–H and O–H groups in total. The van der Waals surface area contributed by atoms with Crippen LogP contribution >= 0.6 is 0 Å². The minimum Gasteiger partial charge on any atom is -0.497 e. The quantitative estimate of drug-likeness (QED) is 0.383. The van der Waals surface area contributed by atoms with E-state index in [0.29, 0.717) is 12.3 Å². The first-order valence-electron chi connectivity index (χ1n) is 10.5. The summed E-state index contributed by atoms with van der Waals surface area (Å²) in [6.45, 7) is 3.94. The zero-order valence-electron chi connectivity index (χ0n) is 19.2. The molecule has 1 atom stereocenters. The molecule has 0 bridgehead atoms. The van der Waals surface area contributed by atoms with E-state index in [4.69, 9.17) is 14.2 Å². The fourth-order valence-corrected chi connectivity index (χ4v) is 3.03. The summed E-state index contributed by atoms with van der Waals surface area (Å²) in [5.74, 6) is 0.254. The second-order valence-electron chi connectivity index (χ2n) is 7.22. The highest BCUT2D eigenvalue weighted by atomic mass is 16.6. The molecule has 0 aliphatic heterocycles. The summed E-state index contributed by atoms with van der Waals surface area (Å²) in [6, 6.07) is 10.4. The fraction of sp³-hybridized carbons (Fsp3) is 0.391. The van der Waals surface area contributed by atoms with Crippen LogP contribution in [0, 0.1) is 10.1 Å². The summed E-state index contributed by atoms with van der Waals surface area (Å²) in [4.78, 5) is 37.5. The maximum Gasteiger partial charge on any atom is 0.311 e. The molecule has 2 aromatic carbocycles. The van der Waals surface area contributed by atoms with Crippen molar-refractivity contribution in [2.45, 2.75) is 32.9 Å². The van der Waals surface area contributed by atoms with Crippen LogP contribution in [0.4, 0.5) is 5.69 Å². The predicted molar refractivity (Wildman–Crippen MR) is 121 cm³/mol. The molecule has 0 saturated heterocycles. The summed E-state index contributed by atoms with van der Waals surface area (Å²) in [5.41, 5.74) is 0.606. The number of nitrogens with one attached hydrogen (secondary N) is 1. The highest BCUT2D eigenvalue weighted by molar-refractivity contribution is 5.88. The van der Waals surface area contributed by atoms with Gasteiger partial charge < -0.3 is 24.4 Å². The largest absolute Gasteiger partial charge is 0.497 e. The lowest BCUT2D eigenvalue weighted by Crippen LogP contribution is -2.49. The molecule has 10 nitrogen and oxygen atoms in total. The maximum absolute atomic E-state index is 13.1. The molecule has 178 valence electrons. The minimum absolute atomic E-state index is 0.0207. The summed E-state index contributed by atoms with van der Waals surface area (Å²) in [6.07, 6.45) is 0.774.